The van der Waals surface area contributed by atoms with Crippen LogP contribution in [0, 0.1) is 5.92 Å². The summed E-state index contributed by atoms with van der Waals surface area (Å²) in [5.74, 6) is -0.690. The van der Waals surface area contributed by atoms with E-state index < -0.39 is 25.8 Å². The van der Waals surface area contributed by atoms with E-state index in [4.69, 9.17) is 11.6 Å². The van der Waals surface area contributed by atoms with Crippen LogP contribution in [0.3, 0.4) is 0 Å². The van der Waals surface area contributed by atoms with Crippen molar-refractivity contribution in [2.45, 2.75) is 35.6 Å². The van der Waals surface area contributed by atoms with Gasteiger partial charge in [0.15, 0.2) is 9.84 Å². The van der Waals surface area contributed by atoms with Crippen LogP contribution < -0.4 is 5.32 Å². The lowest BCUT2D eigenvalue weighted by molar-refractivity contribution is -0.126. The number of carbonyl (C=O) groups is 1. The van der Waals surface area contributed by atoms with Crippen LogP contribution in [-0.4, -0.2) is 46.4 Å². The molecule has 0 bridgehead atoms. The number of benzene rings is 2. The smallest absolute Gasteiger partial charge is 0.243 e. The van der Waals surface area contributed by atoms with Crippen molar-refractivity contribution in [2.75, 3.05) is 19.3 Å². The van der Waals surface area contributed by atoms with E-state index in [0.717, 1.165) is 11.8 Å². The Kier molecular flexibility index (Phi) is 7.10. The number of nitrogens with zero attached hydrogens (tertiary/aromatic N) is 1. The van der Waals surface area contributed by atoms with Crippen LogP contribution in [-0.2, 0) is 24.7 Å². The number of nitrogens with one attached hydrogen (secondary N) is 1. The van der Waals surface area contributed by atoms with E-state index >= 15 is 0 Å². The zero-order valence-electron chi connectivity index (χ0n) is 17.3. The van der Waals surface area contributed by atoms with Crippen molar-refractivity contribution < 1.29 is 21.6 Å². The average molecular weight is 485 g/mol. The lowest BCUT2D eigenvalue weighted by Gasteiger charge is -2.32. The van der Waals surface area contributed by atoms with Crippen molar-refractivity contribution in [1.82, 2.24) is 9.62 Å². The van der Waals surface area contributed by atoms with Gasteiger partial charge < -0.3 is 5.32 Å². The largest absolute Gasteiger partial charge is 0.349 e. The number of carbonyl (C=O) groups excluding carboxylic acids is 1. The highest BCUT2D eigenvalue weighted by molar-refractivity contribution is 7.90. The molecule has 3 rings (SSSR count). The maximum atomic E-state index is 12.9. The lowest BCUT2D eigenvalue weighted by atomic mass is 9.98. The van der Waals surface area contributed by atoms with Crippen LogP contribution in [0.5, 0.6) is 0 Å². The van der Waals surface area contributed by atoms with E-state index in [1.54, 1.807) is 19.1 Å². The fraction of sp³-hybridized carbons (Fsp3) is 0.381. The summed E-state index contributed by atoms with van der Waals surface area (Å²) < 4.78 is 50.4. The molecule has 1 aliphatic heterocycles. The standard InChI is InChI=1S/C21H25ClN2O5S2/c1-15(16-5-9-19(10-6-16)30(2,26)27)23-21(25)17-4-3-13-24(14-17)31(28,29)20-11-7-18(22)8-12-20/h5-12,15,17H,3-4,13-14H2,1-2H3,(H,23,25)/t15-,17+/m1/s1. The van der Waals surface area contributed by atoms with Crippen LogP contribution in [0.25, 0.3) is 0 Å². The second-order valence-electron chi connectivity index (χ2n) is 7.73. The first-order chi connectivity index (χ1) is 14.5. The van der Waals surface area contributed by atoms with Gasteiger partial charge in [-0.3, -0.25) is 4.79 Å². The van der Waals surface area contributed by atoms with Crippen molar-refractivity contribution in [3.63, 3.8) is 0 Å². The molecule has 1 aliphatic rings. The molecule has 10 heteroatoms. The Morgan fingerprint density at radius 1 is 1.03 bits per heavy atom. The normalized spacial score (nSPS) is 19.0. The van der Waals surface area contributed by atoms with Crippen molar-refractivity contribution in [3.05, 3.63) is 59.1 Å². The van der Waals surface area contributed by atoms with Crippen LogP contribution in [0.2, 0.25) is 5.02 Å². The quantitative estimate of drug-likeness (QED) is 0.679. The van der Waals surface area contributed by atoms with Gasteiger partial charge in [0, 0.05) is 24.4 Å². The molecule has 2 atom stereocenters. The summed E-state index contributed by atoms with van der Waals surface area (Å²) in [6, 6.07) is 12.0. The molecular formula is C21H25ClN2O5S2. The third kappa shape index (κ3) is 5.65. The molecule has 31 heavy (non-hydrogen) atoms. The predicted molar refractivity (Wildman–Crippen MR) is 119 cm³/mol. The molecule has 0 aromatic heterocycles. The summed E-state index contributed by atoms with van der Waals surface area (Å²) >= 11 is 5.85. The van der Waals surface area contributed by atoms with Crippen molar-refractivity contribution >= 4 is 37.4 Å². The van der Waals surface area contributed by atoms with Crippen molar-refractivity contribution in [3.8, 4) is 0 Å². The molecule has 0 saturated carbocycles. The van der Waals surface area contributed by atoms with Gasteiger partial charge in [-0.25, -0.2) is 16.8 Å². The highest BCUT2D eigenvalue weighted by atomic mass is 35.5. The van der Waals surface area contributed by atoms with Gasteiger partial charge in [-0.2, -0.15) is 4.31 Å². The summed E-state index contributed by atoms with van der Waals surface area (Å²) in [5, 5.41) is 3.37. The van der Waals surface area contributed by atoms with Gasteiger partial charge in [0.1, 0.15) is 0 Å². The monoisotopic (exact) mass is 484 g/mol. The van der Waals surface area contributed by atoms with Gasteiger partial charge in [0.25, 0.3) is 0 Å². The van der Waals surface area contributed by atoms with Gasteiger partial charge >= 0.3 is 0 Å². The zero-order chi connectivity index (χ0) is 22.8. The number of hydrogen-bond donors (Lipinski definition) is 1. The molecule has 168 valence electrons. The molecule has 1 N–H and O–H groups in total. The molecule has 2 aromatic carbocycles. The first-order valence-corrected chi connectivity index (χ1v) is 13.6. The molecule has 1 fully saturated rings. The molecule has 0 spiro atoms. The van der Waals surface area contributed by atoms with Crippen molar-refractivity contribution in [2.24, 2.45) is 5.92 Å². The summed E-state index contributed by atoms with van der Waals surface area (Å²) in [7, 11) is -6.99. The van der Waals surface area contributed by atoms with Crippen LogP contribution in [0.15, 0.2) is 58.3 Å². The Labute approximate surface area is 188 Å². The van der Waals surface area contributed by atoms with E-state index in [1.807, 2.05) is 0 Å². The third-order valence-electron chi connectivity index (χ3n) is 5.37. The Morgan fingerprint density at radius 2 is 1.61 bits per heavy atom. The average Bonchev–Trinajstić information content (AvgIpc) is 2.73. The minimum Gasteiger partial charge on any atom is -0.349 e. The SMILES string of the molecule is C[C@@H](NC(=O)[C@H]1CCCN(S(=O)(=O)c2ccc(Cl)cc2)C1)c1ccc(S(C)(=O)=O)cc1. The number of piperidine rings is 1. The van der Waals surface area contributed by atoms with Crippen LogP contribution in [0.4, 0.5) is 0 Å². The maximum absolute atomic E-state index is 12.9. The lowest BCUT2D eigenvalue weighted by Crippen LogP contribution is -2.45. The zero-order valence-corrected chi connectivity index (χ0v) is 19.7. The summed E-state index contributed by atoms with van der Waals surface area (Å²) in [4.78, 5) is 13.2. The fourth-order valence-electron chi connectivity index (χ4n) is 3.55. The van der Waals surface area contributed by atoms with E-state index in [2.05, 4.69) is 5.32 Å². The number of halogens is 1. The minimum atomic E-state index is -3.71. The number of sulfone groups is 1. The number of hydrogen-bond acceptors (Lipinski definition) is 5. The van der Waals surface area contributed by atoms with E-state index in [1.165, 1.54) is 40.7 Å². The molecule has 0 aliphatic carbocycles. The van der Waals surface area contributed by atoms with Gasteiger partial charge in [-0.1, -0.05) is 23.7 Å². The van der Waals surface area contributed by atoms with Crippen LogP contribution in [0.1, 0.15) is 31.4 Å². The molecule has 0 unspecified atom stereocenters. The van der Waals surface area contributed by atoms with Gasteiger partial charge in [0.2, 0.25) is 15.9 Å². The molecule has 7 nitrogen and oxygen atoms in total. The Hall–Kier alpha value is -1.94. The first-order valence-electron chi connectivity index (χ1n) is 9.84. The van der Waals surface area contributed by atoms with Crippen LogP contribution >= 0.6 is 11.6 Å². The molecule has 2 aromatic rings. The van der Waals surface area contributed by atoms with E-state index in [-0.39, 0.29) is 28.3 Å². The van der Waals surface area contributed by atoms with Gasteiger partial charge in [-0.05, 0) is 61.7 Å². The summed E-state index contributed by atoms with van der Waals surface area (Å²) in [6.45, 7) is 2.27. The fourth-order valence-corrected chi connectivity index (χ4v) is 5.83. The Bertz CT molecular complexity index is 1150. The summed E-state index contributed by atoms with van der Waals surface area (Å²) in [5.41, 5.74) is 0.766. The first kappa shape index (κ1) is 23.7. The second kappa shape index (κ2) is 9.28. The minimum absolute atomic E-state index is 0.108. The third-order valence-corrected chi connectivity index (χ3v) is 8.63. The van der Waals surface area contributed by atoms with Gasteiger partial charge in [-0.15, -0.1) is 0 Å². The molecular weight excluding hydrogens is 460 g/mol. The highest BCUT2D eigenvalue weighted by Gasteiger charge is 2.33. The van der Waals surface area contributed by atoms with Crippen molar-refractivity contribution in [1.29, 1.82) is 0 Å². The number of amides is 1. The maximum Gasteiger partial charge on any atom is 0.243 e. The summed E-state index contributed by atoms with van der Waals surface area (Å²) in [6.07, 6.45) is 2.32. The topological polar surface area (TPSA) is 101 Å². The second-order valence-corrected chi connectivity index (χ2v) is 12.1. The molecule has 1 amide bonds. The molecule has 1 saturated heterocycles. The Balaban J connectivity index is 1.67. The predicted octanol–water partition coefficient (Wildman–Crippen LogP) is 3.02. The molecule has 0 radical (unpaired) electrons. The Morgan fingerprint density at radius 3 is 2.19 bits per heavy atom. The van der Waals surface area contributed by atoms with Gasteiger partial charge in [0.05, 0.1) is 21.8 Å². The highest BCUT2D eigenvalue weighted by Crippen LogP contribution is 2.26. The number of rotatable bonds is 6. The molecule has 1 heterocycles. The van der Waals surface area contributed by atoms with E-state index in [0.29, 0.717) is 24.4 Å². The van der Waals surface area contributed by atoms with E-state index in [9.17, 15) is 21.6 Å². The number of sulfonamides is 1.